The number of benzene rings is 1. The van der Waals surface area contributed by atoms with Gasteiger partial charge in [0.1, 0.15) is 0 Å². The summed E-state index contributed by atoms with van der Waals surface area (Å²) in [6.45, 7) is 6.54. The summed E-state index contributed by atoms with van der Waals surface area (Å²) in [5, 5.41) is 3.38. The van der Waals surface area contributed by atoms with E-state index in [0.717, 1.165) is 18.8 Å². The third-order valence-electron chi connectivity index (χ3n) is 3.74. The van der Waals surface area contributed by atoms with Crippen LogP contribution in [-0.2, 0) is 9.59 Å². The number of amides is 2. The lowest BCUT2D eigenvalue weighted by atomic mass is 10.2. The number of rotatable bonds is 4. The number of piperazine rings is 1. The Hall–Kier alpha value is -1.75. The minimum Gasteiger partial charge on any atom is -0.368 e. The highest BCUT2D eigenvalue weighted by atomic mass is 35.5. The van der Waals surface area contributed by atoms with Crippen LogP contribution in [0.25, 0.3) is 0 Å². The van der Waals surface area contributed by atoms with E-state index < -0.39 is 0 Å². The average Bonchev–Trinajstić information content (AvgIpc) is 2.52. The molecule has 1 aromatic carbocycles. The van der Waals surface area contributed by atoms with Gasteiger partial charge in [0.25, 0.3) is 0 Å². The van der Waals surface area contributed by atoms with Gasteiger partial charge in [-0.05, 0) is 18.2 Å². The van der Waals surface area contributed by atoms with Gasteiger partial charge in [0, 0.05) is 42.8 Å². The lowest BCUT2D eigenvalue weighted by Crippen LogP contribution is -2.51. The fourth-order valence-corrected chi connectivity index (χ4v) is 2.55. The largest absolute Gasteiger partial charge is 0.368 e. The molecule has 2 amide bonds. The van der Waals surface area contributed by atoms with Crippen LogP contribution in [0.15, 0.2) is 24.3 Å². The number of nitrogens with one attached hydrogen (secondary N) is 1. The summed E-state index contributed by atoms with van der Waals surface area (Å²) in [6, 6.07) is 7.73. The molecule has 5 nitrogen and oxygen atoms in total. The zero-order chi connectivity index (χ0) is 16.1. The molecule has 2 rings (SSSR count). The van der Waals surface area contributed by atoms with Gasteiger partial charge in [0.05, 0.1) is 6.54 Å². The van der Waals surface area contributed by atoms with E-state index >= 15 is 0 Å². The van der Waals surface area contributed by atoms with Gasteiger partial charge in [-0.2, -0.15) is 0 Å². The molecule has 0 aromatic heterocycles. The molecule has 0 unspecified atom stereocenters. The third-order valence-corrected chi connectivity index (χ3v) is 3.98. The van der Waals surface area contributed by atoms with Gasteiger partial charge in [-0.1, -0.05) is 31.5 Å². The number of hydrogen-bond donors (Lipinski definition) is 1. The van der Waals surface area contributed by atoms with Crippen LogP contribution in [0.4, 0.5) is 5.69 Å². The first kappa shape index (κ1) is 16.6. The van der Waals surface area contributed by atoms with E-state index in [-0.39, 0.29) is 24.3 Å². The molecular formula is C16H22ClN3O2. The molecule has 1 N–H and O–H groups in total. The topological polar surface area (TPSA) is 52.7 Å². The number of nitrogens with zero attached hydrogens (tertiary/aromatic N) is 2. The van der Waals surface area contributed by atoms with Gasteiger partial charge >= 0.3 is 0 Å². The summed E-state index contributed by atoms with van der Waals surface area (Å²) in [6.07, 6.45) is 0. The fourth-order valence-electron chi connectivity index (χ4n) is 2.37. The van der Waals surface area contributed by atoms with Gasteiger partial charge in [-0.15, -0.1) is 0 Å². The standard InChI is InChI=1S/C16H22ClN3O2/c1-12(2)16(22)18-11-15(21)20-8-6-19(7-9-20)14-5-3-4-13(17)10-14/h3-5,10,12H,6-9,11H2,1-2H3,(H,18,22). The molecule has 1 aliphatic rings. The SMILES string of the molecule is CC(C)C(=O)NCC(=O)N1CCN(c2cccc(Cl)c2)CC1. The van der Waals surface area contributed by atoms with Crippen molar-refractivity contribution in [1.82, 2.24) is 10.2 Å². The van der Waals surface area contributed by atoms with Crippen molar-refractivity contribution in [3.05, 3.63) is 29.3 Å². The molecule has 0 spiro atoms. The maximum Gasteiger partial charge on any atom is 0.242 e. The Morgan fingerprint density at radius 3 is 2.50 bits per heavy atom. The molecule has 1 fully saturated rings. The monoisotopic (exact) mass is 323 g/mol. The van der Waals surface area contributed by atoms with Crippen molar-refractivity contribution in [1.29, 1.82) is 0 Å². The molecule has 1 heterocycles. The zero-order valence-corrected chi connectivity index (χ0v) is 13.8. The van der Waals surface area contributed by atoms with Gasteiger partial charge < -0.3 is 15.1 Å². The molecule has 0 aliphatic carbocycles. The highest BCUT2D eigenvalue weighted by Gasteiger charge is 2.21. The average molecular weight is 324 g/mol. The summed E-state index contributed by atoms with van der Waals surface area (Å²) in [7, 11) is 0. The van der Waals surface area contributed by atoms with Crippen molar-refractivity contribution in [3.63, 3.8) is 0 Å². The van der Waals surface area contributed by atoms with Crippen molar-refractivity contribution < 1.29 is 9.59 Å². The summed E-state index contributed by atoms with van der Waals surface area (Å²) in [5.74, 6) is -0.224. The number of hydrogen-bond acceptors (Lipinski definition) is 3. The maximum absolute atomic E-state index is 12.1. The van der Waals surface area contributed by atoms with Crippen LogP contribution < -0.4 is 10.2 Å². The van der Waals surface area contributed by atoms with E-state index in [1.165, 1.54) is 0 Å². The molecule has 0 radical (unpaired) electrons. The number of anilines is 1. The molecule has 22 heavy (non-hydrogen) atoms. The van der Waals surface area contributed by atoms with E-state index in [4.69, 9.17) is 11.6 Å². The number of halogens is 1. The molecule has 1 aromatic rings. The summed E-state index contributed by atoms with van der Waals surface area (Å²) >= 11 is 6.01. The highest BCUT2D eigenvalue weighted by molar-refractivity contribution is 6.30. The van der Waals surface area contributed by atoms with Crippen LogP contribution in [-0.4, -0.2) is 49.4 Å². The van der Waals surface area contributed by atoms with E-state index in [2.05, 4.69) is 10.2 Å². The predicted octanol–water partition coefficient (Wildman–Crippen LogP) is 1.76. The van der Waals surface area contributed by atoms with E-state index in [9.17, 15) is 9.59 Å². The summed E-state index contributed by atoms with van der Waals surface area (Å²) in [4.78, 5) is 27.6. The highest BCUT2D eigenvalue weighted by Crippen LogP contribution is 2.20. The van der Waals surface area contributed by atoms with Crippen molar-refractivity contribution in [2.75, 3.05) is 37.6 Å². The first-order valence-electron chi connectivity index (χ1n) is 7.53. The molecule has 120 valence electrons. The number of carbonyl (C=O) groups is 2. The summed E-state index contributed by atoms with van der Waals surface area (Å²) in [5.41, 5.74) is 1.08. The molecule has 0 atom stereocenters. The van der Waals surface area contributed by atoms with Crippen LogP contribution in [0.1, 0.15) is 13.8 Å². The second-order valence-electron chi connectivity index (χ2n) is 5.72. The Bertz CT molecular complexity index is 540. The summed E-state index contributed by atoms with van der Waals surface area (Å²) < 4.78 is 0. The Morgan fingerprint density at radius 2 is 1.91 bits per heavy atom. The molecule has 0 saturated carbocycles. The lowest BCUT2D eigenvalue weighted by Gasteiger charge is -2.36. The molecule has 1 saturated heterocycles. The predicted molar refractivity (Wildman–Crippen MR) is 88.1 cm³/mol. The quantitative estimate of drug-likeness (QED) is 0.918. The van der Waals surface area contributed by atoms with Crippen LogP contribution in [0, 0.1) is 5.92 Å². The van der Waals surface area contributed by atoms with Crippen LogP contribution >= 0.6 is 11.6 Å². The van der Waals surface area contributed by atoms with Crippen molar-refractivity contribution in [2.24, 2.45) is 5.92 Å². The Kier molecular flexibility index (Phi) is 5.66. The smallest absolute Gasteiger partial charge is 0.242 e. The zero-order valence-electron chi connectivity index (χ0n) is 13.0. The molecule has 1 aliphatic heterocycles. The van der Waals surface area contributed by atoms with E-state index in [1.54, 1.807) is 4.90 Å². The van der Waals surface area contributed by atoms with Crippen molar-refractivity contribution in [2.45, 2.75) is 13.8 Å². The first-order chi connectivity index (χ1) is 10.5. The normalized spacial score (nSPS) is 15.1. The van der Waals surface area contributed by atoms with E-state index in [0.29, 0.717) is 18.1 Å². The Balaban J connectivity index is 1.81. The number of carbonyl (C=O) groups excluding carboxylic acids is 2. The van der Waals surface area contributed by atoms with Crippen LogP contribution in [0.2, 0.25) is 5.02 Å². The lowest BCUT2D eigenvalue weighted by molar-refractivity contribution is -0.133. The van der Waals surface area contributed by atoms with Gasteiger partial charge in [0.2, 0.25) is 11.8 Å². The Morgan fingerprint density at radius 1 is 1.23 bits per heavy atom. The second kappa shape index (κ2) is 7.49. The van der Waals surface area contributed by atoms with E-state index in [1.807, 2.05) is 38.1 Å². The maximum atomic E-state index is 12.1. The van der Waals surface area contributed by atoms with Crippen LogP contribution in [0.5, 0.6) is 0 Å². The van der Waals surface area contributed by atoms with Crippen molar-refractivity contribution >= 4 is 29.1 Å². The minimum atomic E-state index is -0.104. The second-order valence-corrected chi connectivity index (χ2v) is 6.16. The van der Waals surface area contributed by atoms with Gasteiger partial charge in [0.15, 0.2) is 0 Å². The molecular weight excluding hydrogens is 302 g/mol. The Labute approximate surface area is 136 Å². The molecule has 6 heteroatoms. The minimum absolute atomic E-state index is 0.0280. The van der Waals surface area contributed by atoms with Gasteiger partial charge in [-0.25, -0.2) is 0 Å². The third kappa shape index (κ3) is 4.37. The molecule has 0 bridgehead atoms. The van der Waals surface area contributed by atoms with Crippen LogP contribution in [0.3, 0.4) is 0 Å². The van der Waals surface area contributed by atoms with Crippen molar-refractivity contribution in [3.8, 4) is 0 Å². The first-order valence-corrected chi connectivity index (χ1v) is 7.91. The van der Waals surface area contributed by atoms with Gasteiger partial charge in [-0.3, -0.25) is 9.59 Å². The fraction of sp³-hybridized carbons (Fsp3) is 0.500.